The van der Waals surface area contributed by atoms with Crippen LogP contribution in [0.1, 0.15) is 24.0 Å². The number of guanidine groups is 1. The molecule has 0 aromatic heterocycles. The third-order valence-corrected chi connectivity index (χ3v) is 3.33. The Morgan fingerprint density at radius 2 is 2.11 bits per heavy atom. The number of carbonyl (C=O) groups is 1. The molecule has 2 N–H and O–H groups in total. The number of halogens is 1. The quantitative estimate of drug-likeness (QED) is 0.817. The van der Waals surface area contributed by atoms with Crippen LogP contribution in [0.4, 0.5) is 4.39 Å². The lowest BCUT2D eigenvalue weighted by Gasteiger charge is -2.32. The number of likely N-dealkylation sites (N-methyl/N-ethyl adjacent to an activating group) is 1. The van der Waals surface area contributed by atoms with Crippen molar-refractivity contribution in [3.8, 4) is 0 Å². The number of rotatable bonds is 1. The van der Waals surface area contributed by atoms with Gasteiger partial charge in [0.1, 0.15) is 5.82 Å². The van der Waals surface area contributed by atoms with Crippen LogP contribution in [0.15, 0.2) is 23.2 Å². The average molecular weight is 249 g/mol. The van der Waals surface area contributed by atoms with Gasteiger partial charge in [-0.1, -0.05) is 6.07 Å². The molecule has 0 saturated heterocycles. The van der Waals surface area contributed by atoms with E-state index in [0.717, 1.165) is 11.1 Å². The number of hydrogen-bond donors (Lipinski definition) is 1. The summed E-state index contributed by atoms with van der Waals surface area (Å²) < 4.78 is 13.1. The van der Waals surface area contributed by atoms with Gasteiger partial charge in [-0.05, 0) is 37.1 Å². The fourth-order valence-corrected chi connectivity index (χ4v) is 2.28. The summed E-state index contributed by atoms with van der Waals surface area (Å²) in [4.78, 5) is 17.8. The van der Waals surface area contributed by atoms with E-state index >= 15 is 0 Å². The van der Waals surface area contributed by atoms with Gasteiger partial charge >= 0.3 is 0 Å². The summed E-state index contributed by atoms with van der Waals surface area (Å²) in [6.45, 7) is 3.63. The van der Waals surface area contributed by atoms with E-state index in [1.54, 1.807) is 20.0 Å². The highest BCUT2D eigenvalue weighted by molar-refractivity contribution is 6.01. The second kappa shape index (κ2) is 4.40. The Hall–Kier alpha value is -1.91. The molecule has 0 radical (unpaired) electrons. The molecule has 4 nitrogen and oxygen atoms in total. The number of aliphatic imine (C=N–C) groups is 1. The van der Waals surface area contributed by atoms with Crippen LogP contribution in [0.5, 0.6) is 0 Å². The van der Waals surface area contributed by atoms with Gasteiger partial charge in [0, 0.05) is 7.05 Å². The SMILES string of the molecule is Cc1cc(F)ccc1C1C(=O)N(C)C(N)=N[C@H]1C. The Kier molecular flexibility index (Phi) is 3.07. The lowest BCUT2D eigenvalue weighted by molar-refractivity contribution is -0.129. The molecule has 1 aromatic rings. The predicted octanol–water partition coefficient (Wildman–Crippen LogP) is 1.39. The van der Waals surface area contributed by atoms with Gasteiger partial charge < -0.3 is 5.73 Å². The smallest absolute Gasteiger partial charge is 0.238 e. The Balaban J connectivity index is 2.47. The normalized spacial score (nSPS) is 24.1. The first-order chi connectivity index (χ1) is 8.41. The number of amides is 1. The highest BCUT2D eigenvalue weighted by atomic mass is 19.1. The molecule has 2 atom stereocenters. The van der Waals surface area contributed by atoms with Crippen molar-refractivity contribution in [2.75, 3.05) is 7.05 Å². The largest absolute Gasteiger partial charge is 0.369 e. The first-order valence-electron chi connectivity index (χ1n) is 5.78. The van der Waals surface area contributed by atoms with Crippen LogP contribution in [0.2, 0.25) is 0 Å². The fourth-order valence-electron chi connectivity index (χ4n) is 2.28. The molecule has 1 heterocycles. The van der Waals surface area contributed by atoms with E-state index in [9.17, 15) is 9.18 Å². The number of nitrogens with two attached hydrogens (primary N) is 1. The summed E-state index contributed by atoms with van der Waals surface area (Å²) in [5.74, 6) is -0.584. The van der Waals surface area contributed by atoms with Crippen molar-refractivity contribution in [2.24, 2.45) is 10.7 Å². The van der Waals surface area contributed by atoms with E-state index < -0.39 is 5.92 Å². The van der Waals surface area contributed by atoms with Gasteiger partial charge in [0.05, 0.1) is 12.0 Å². The molecule has 0 fully saturated rings. The zero-order valence-corrected chi connectivity index (χ0v) is 10.6. The second-order valence-electron chi connectivity index (χ2n) is 4.60. The van der Waals surface area contributed by atoms with Crippen molar-refractivity contribution in [3.63, 3.8) is 0 Å². The van der Waals surface area contributed by atoms with Gasteiger partial charge in [0.2, 0.25) is 5.91 Å². The molecule has 0 saturated carbocycles. The van der Waals surface area contributed by atoms with Gasteiger partial charge in [-0.3, -0.25) is 9.69 Å². The van der Waals surface area contributed by atoms with Crippen molar-refractivity contribution >= 4 is 11.9 Å². The summed E-state index contributed by atoms with van der Waals surface area (Å²) in [7, 11) is 1.60. The first-order valence-corrected chi connectivity index (χ1v) is 5.78. The Labute approximate surface area is 105 Å². The lowest BCUT2D eigenvalue weighted by Crippen LogP contribution is -2.48. The molecule has 2 rings (SSSR count). The van der Waals surface area contributed by atoms with Crippen LogP contribution >= 0.6 is 0 Å². The molecule has 0 bridgehead atoms. The van der Waals surface area contributed by atoms with Gasteiger partial charge in [-0.25, -0.2) is 9.38 Å². The van der Waals surface area contributed by atoms with Crippen molar-refractivity contribution in [2.45, 2.75) is 25.8 Å². The summed E-state index contributed by atoms with van der Waals surface area (Å²) in [5, 5.41) is 0. The lowest BCUT2D eigenvalue weighted by atomic mass is 9.87. The minimum absolute atomic E-state index is 0.107. The van der Waals surface area contributed by atoms with Crippen LogP contribution in [-0.2, 0) is 4.79 Å². The molecule has 1 amide bonds. The maximum absolute atomic E-state index is 13.1. The van der Waals surface area contributed by atoms with Crippen LogP contribution in [0, 0.1) is 12.7 Å². The van der Waals surface area contributed by atoms with E-state index in [1.807, 2.05) is 6.92 Å². The average Bonchev–Trinajstić information content (AvgIpc) is 2.29. The van der Waals surface area contributed by atoms with Crippen LogP contribution in [0.25, 0.3) is 0 Å². The zero-order valence-electron chi connectivity index (χ0n) is 10.6. The summed E-state index contributed by atoms with van der Waals surface area (Å²) >= 11 is 0. The van der Waals surface area contributed by atoms with Crippen molar-refractivity contribution in [1.29, 1.82) is 0 Å². The van der Waals surface area contributed by atoms with E-state index in [2.05, 4.69) is 4.99 Å². The number of benzene rings is 1. The number of carbonyl (C=O) groups excluding carboxylic acids is 1. The summed E-state index contributed by atoms with van der Waals surface area (Å²) in [6, 6.07) is 4.20. The van der Waals surface area contributed by atoms with E-state index in [1.165, 1.54) is 17.0 Å². The monoisotopic (exact) mass is 249 g/mol. The highest BCUT2D eigenvalue weighted by Gasteiger charge is 2.35. The Morgan fingerprint density at radius 3 is 2.72 bits per heavy atom. The third-order valence-electron chi connectivity index (χ3n) is 3.33. The molecule has 96 valence electrons. The number of aryl methyl sites for hydroxylation is 1. The topological polar surface area (TPSA) is 58.7 Å². The summed E-state index contributed by atoms with van der Waals surface area (Å²) in [6.07, 6.45) is 0. The number of hydrogen-bond acceptors (Lipinski definition) is 3. The molecule has 5 heteroatoms. The Morgan fingerprint density at radius 1 is 1.44 bits per heavy atom. The minimum atomic E-state index is -0.400. The molecule has 1 unspecified atom stereocenters. The zero-order chi connectivity index (χ0) is 13.4. The molecular weight excluding hydrogens is 233 g/mol. The van der Waals surface area contributed by atoms with Crippen LogP contribution in [0.3, 0.4) is 0 Å². The molecule has 0 spiro atoms. The Bertz CT molecular complexity index is 527. The molecule has 1 aliphatic heterocycles. The highest BCUT2D eigenvalue weighted by Crippen LogP contribution is 2.29. The van der Waals surface area contributed by atoms with Crippen molar-refractivity contribution in [1.82, 2.24) is 4.90 Å². The van der Waals surface area contributed by atoms with Crippen molar-refractivity contribution in [3.05, 3.63) is 35.1 Å². The summed E-state index contributed by atoms with van der Waals surface area (Å²) in [5.41, 5.74) is 7.21. The molecule has 1 aliphatic rings. The molecular formula is C13H16FN3O. The van der Waals surface area contributed by atoms with E-state index in [0.29, 0.717) is 0 Å². The fraction of sp³-hybridized carbons (Fsp3) is 0.385. The van der Waals surface area contributed by atoms with E-state index in [-0.39, 0.29) is 23.7 Å². The maximum Gasteiger partial charge on any atom is 0.238 e. The van der Waals surface area contributed by atoms with Gasteiger partial charge in [-0.2, -0.15) is 0 Å². The standard InChI is InChI=1S/C13H16FN3O/c1-7-6-9(14)4-5-10(7)11-8(2)16-13(15)17(3)12(11)18/h4-6,8,11H,1-3H3,(H2,15,16)/t8-,11?/m0/s1. The van der Waals surface area contributed by atoms with Crippen LogP contribution in [-0.4, -0.2) is 29.9 Å². The van der Waals surface area contributed by atoms with Gasteiger partial charge in [0.25, 0.3) is 0 Å². The first kappa shape index (κ1) is 12.5. The predicted molar refractivity (Wildman–Crippen MR) is 67.7 cm³/mol. The molecule has 1 aromatic carbocycles. The van der Waals surface area contributed by atoms with Crippen LogP contribution < -0.4 is 5.73 Å². The minimum Gasteiger partial charge on any atom is -0.369 e. The van der Waals surface area contributed by atoms with E-state index in [4.69, 9.17) is 5.73 Å². The molecule has 18 heavy (non-hydrogen) atoms. The maximum atomic E-state index is 13.1. The van der Waals surface area contributed by atoms with Crippen molar-refractivity contribution < 1.29 is 9.18 Å². The number of nitrogens with zero attached hydrogens (tertiary/aromatic N) is 2. The van der Waals surface area contributed by atoms with Gasteiger partial charge in [0.15, 0.2) is 5.96 Å². The third kappa shape index (κ3) is 1.96. The second-order valence-corrected chi connectivity index (χ2v) is 4.60. The molecule has 0 aliphatic carbocycles. The van der Waals surface area contributed by atoms with Gasteiger partial charge in [-0.15, -0.1) is 0 Å².